The summed E-state index contributed by atoms with van der Waals surface area (Å²) >= 11 is 3.31. The fraction of sp³-hybridized carbons (Fsp3) is 0.571. The van der Waals surface area contributed by atoms with E-state index in [0.717, 1.165) is 23.9 Å². The van der Waals surface area contributed by atoms with E-state index < -0.39 is 0 Å². The molecule has 1 aromatic heterocycles. The quantitative estimate of drug-likeness (QED) is 0.789. The van der Waals surface area contributed by atoms with E-state index in [-0.39, 0.29) is 24.4 Å². The lowest BCUT2D eigenvalue weighted by atomic mass is 10.2. The molecular formula is C14H19BrN2O4. The number of carbonyl (C=O) groups excluding carboxylic acids is 2. The van der Waals surface area contributed by atoms with Gasteiger partial charge in [-0.05, 0) is 34.8 Å². The van der Waals surface area contributed by atoms with E-state index in [2.05, 4.69) is 25.7 Å². The Labute approximate surface area is 131 Å². The minimum Gasteiger partial charge on any atom is -0.469 e. The van der Waals surface area contributed by atoms with E-state index in [0.29, 0.717) is 18.8 Å². The van der Waals surface area contributed by atoms with Crippen molar-refractivity contribution in [3.05, 3.63) is 22.4 Å². The fourth-order valence-electron chi connectivity index (χ4n) is 2.30. The lowest BCUT2D eigenvalue weighted by Crippen LogP contribution is -2.39. The van der Waals surface area contributed by atoms with Gasteiger partial charge in [0.15, 0.2) is 0 Å². The zero-order valence-electron chi connectivity index (χ0n) is 11.9. The Balaban J connectivity index is 2.02. The van der Waals surface area contributed by atoms with Gasteiger partial charge in [0.2, 0.25) is 0 Å². The van der Waals surface area contributed by atoms with Crippen LogP contribution in [0.1, 0.15) is 29.8 Å². The van der Waals surface area contributed by atoms with Gasteiger partial charge in [-0.15, -0.1) is 0 Å². The lowest BCUT2D eigenvalue weighted by Gasteiger charge is -2.24. The summed E-state index contributed by atoms with van der Waals surface area (Å²) in [5.41, 5.74) is 0.490. The summed E-state index contributed by atoms with van der Waals surface area (Å²) in [5.74, 6) is -0.465. The molecule has 1 unspecified atom stereocenters. The number of hydrogen-bond donors (Lipinski definition) is 1. The Morgan fingerprint density at radius 2 is 2.38 bits per heavy atom. The van der Waals surface area contributed by atoms with Crippen LogP contribution in [0.5, 0.6) is 0 Å². The maximum atomic E-state index is 12.5. The predicted octanol–water partition coefficient (Wildman–Crippen LogP) is 1.96. The smallest absolute Gasteiger partial charge is 0.307 e. The Hall–Kier alpha value is -1.34. The number of nitrogens with zero attached hydrogens (tertiary/aromatic N) is 1. The van der Waals surface area contributed by atoms with E-state index in [4.69, 9.17) is 4.74 Å². The summed E-state index contributed by atoms with van der Waals surface area (Å²) in [6.07, 6.45) is 3.88. The Kier molecular flexibility index (Phi) is 5.81. The first-order chi connectivity index (χ1) is 10.1. The van der Waals surface area contributed by atoms with Crippen LogP contribution in [0.3, 0.4) is 0 Å². The van der Waals surface area contributed by atoms with Crippen LogP contribution in [0.4, 0.5) is 0 Å². The fourth-order valence-corrected chi connectivity index (χ4v) is 2.64. The molecule has 1 saturated heterocycles. The maximum absolute atomic E-state index is 12.5. The number of esters is 1. The van der Waals surface area contributed by atoms with Crippen LogP contribution in [0, 0.1) is 0 Å². The van der Waals surface area contributed by atoms with Gasteiger partial charge in [0, 0.05) is 30.4 Å². The molecule has 6 nitrogen and oxygen atoms in total. The summed E-state index contributed by atoms with van der Waals surface area (Å²) < 4.78 is 11.0. The molecule has 1 atom stereocenters. The highest BCUT2D eigenvalue weighted by Crippen LogP contribution is 2.17. The van der Waals surface area contributed by atoms with Gasteiger partial charge in [-0.3, -0.25) is 9.59 Å². The molecule has 0 spiro atoms. The summed E-state index contributed by atoms with van der Waals surface area (Å²) in [6, 6.07) is 1.73. The van der Waals surface area contributed by atoms with Crippen molar-refractivity contribution in [1.82, 2.24) is 9.88 Å². The van der Waals surface area contributed by atoms with E-state index in [1.165, 1.54) is 7.11 Å². The standard InChI is InChI=1S/C14H19BrN2O4/c1-20-13(18)4-5-17(9-11-3-2-6-21-11)14(19)12-7-10(15)8-16-12/h7-8,11,16H,2-6,9H2,1H3. The van der Waals surface area contributed by atoms with Gasteiger partial charge in [-0.2, -0.15) is 0 Å². The average molecular weight is 359 g/mol. The Morgan fingerprint density at radius 1 is 1.57 bits per heavy atom. The molecule has 21 heavy (non-hydrogen) atoms. The number of methoxy groups -OCH3 is 1. The van der Waals surface area contributed by atoms with Gasteiger partial charge < -0.3 is 19.4 Å². The van der Waals surface area contributed by atoms with Crippen molar-refractivity contribution in [2.75, 3.05) is 26.8 Å². The normalized spacial score (nSPS) is 17.7. The molecule has 0 radical (unpaired) electrons. The van der Waals surface area contributed by atoms with Gasteiger partial charge >= 0.3 is 5.97 Å². The second-order valence-corrected chi connectivity index (χ2v) is 5.86. The number of carbonyl (C=O) groups is 2. The summed E-state index contributed by atoms with van der Waals surface area (Å²) in [7, 11) is 1.34. The second-order valence-electron chi connectivity index (χ2n) is 4.94. The van der Waals surface area contributed by atoms with E-state index in [9.17, 15) is 9.59 Å². The van der Waals surface area contributed by atoms with Gasteiger partial charge in [0.05, 0.1) is 19.6 Å². The first-order valence-electron chi connectivity index (χ1n) is 6.91. The van der Waals surface area contributed by atoms with Crippen molar-refractivity contribution in [3.63, 3.8) is 0 Å². The Morgan fingerprint density at radius 3 is 2.95 bits per heavy atom. The van der Waals surface area contributed by atoms with E-state index in [1.807, 2.05) is 0 Å². The van der Waals surface area contributed by atoms with Gasteiger partial charge in [-0.1, -0.05) is 0 Å². The highest BCUT2D eigenvalue weighted by molar-refractivity contribution is 9.10. The first kappa shape index (κ1) is 16.0. The van der Waals surface area contributed by atoms with E-state index >= 15 is 0 Å². The summed E-state index contributed by atoms with van der Waals surface area (Å²) in [4.78, 5) is 28.4. The number of aromatic amines is 1. The summed E-state index contributed by atoms with van der Waals surface area (Å²) in [5, 5.41) is 0. The van der Waals surface area contributed by atoms with Gasteiger partial charge in [0.25, 0.3) is 5.91 Å². The maximum Gasteiger partial charge on any atom is 0.307 e. The van der Waals surface area contributed by atoms with Crippen LogP contribution in [0.25, 0.3) is 0 Å². The zero-order valence-corrected chi connectivity index (χ0v) is 13.5. The highest BCUT2D eigenvalue weighted by Gasteiger charge is 2.24. The molecule has 7 heteroatoms. The van der Waals surface area contributed by atoms with Crippen LogP contribution in [-0.2, 0) is 14.3 Å². The molecule has 0 aromatic carbocycles. The van der Waals surface area contributed by atoms with Crippen molar-refractivity contribution in [3.8, 4) is 0 Å². The second kappa shape index (κ2) is 7.61. The van der Waals surface area contributed by atoms with Crippen molar-refractivity contribution in [1.29, 1.82) is 0 Å². The lowest BCUT2D eigenvalue weighted by molar-refractivity contribution is -0.140. The average Bonchev–Trinajstić information content (AvgIpc) is 3.13. The van der Waals surface area contributed by atoms with Crippen LogP contribution in [0.15, 0.2) is 16.7 Å². The largest absolute Gasteiger partial charge is 0.469 e. The minimum absolute atomic E-state index is 0.0463. The monoisotopic (exact) mass is 358 g/mol. The van der Waals surface area contributed by atoms with Crippen molar-refractivity contribution in [2.45, 2.75) is 25.4 Å². The minimum atomic E-state index is -0.326. The van der Waals surface area contributed by atoms with Crippen molar-refractivity contribution < 1.29 is 19.1 Å². The van der Waals surface area contributed by atoms with Crippen LogP contribution < -0.4 is 0 Å². The molecule has 1 N–H and O–H groups in total. The number of aromatic nitrogens is 1. The third kappa shape index (κ3) is 4.57. The zero-order chi connectivity index (χ0) is 15.2. The number of ether oxygens (including phenoxy) is 2. The third-order valence-electron chi connectivity index (χ3n) is 3.43. The molecule has 1 aliphatic heterocycles. The molecule has 1 amide bonds. The molecule has 1 fully saturated rings. The first-order valence-corrected chi connectivity index (χ1v) is 7.71. The van der Waals surface area contributed by atoms with Crippen LogP contribution >= 0.6 is 15.9 Å². The van der Waals surface area contributed by atoms with Crippen LogP contribution in [0.2, 0.25) is 0 Å². The highest BCUT2D eigenvalue weighted by atomic mass is 79.9. The van der Waals surface area contributed by atoms with Gasteiger partial charge in [-0.25, -0.2) is 0 Å². The molecule has 0 aliphatic carbocycles. The molecular weight excluding hydrogens is 340 g/mol. The van der Waals surface area contributed by atoms with Gasteiger partial charge in [0.1, 0.15) is 5.69 Å². The number of rotatable bonds is 6. The molecule has 2 heterocycles. The molecule has 1 aliphatic rings. The Bertz CT molecular complexity index is 497. The van der Waals surface area contributed by atoms with E-state index in [1.54, 1.807) is 17.2 Å². The van der Waals surface area contributed by atoms with Crippen LogP contribution in [-0.4, -0.2) is 54.7 Å². The third-order valence-corrected chi connectivity index (χ3v) is 3.88. The molecule has 0 saturated carbocycles. The number of hydrogen-bond acceptors (Lipinski definition) is 4. The summed E-state index contributed by atoms with van der Waals surface area (Å²) in [6.45, 7) is 1.55. The number of nitrogens with one attached hydrogen (secondary N) is 1. The topological polar surface area (TPSA) is 71.6 Å². The SMILES string of the molecule is COC(=O)CCN(CC1CCCO1)C(=O)c1cc(Br)c[nH]1. The molecule has 2 rings (SSSR count). The number of halogens is 1. The number of amides is 1. The predicted molar refractivity (Wildman–Crippen MR) is 80.0 cm³/mol. The molecule has 0 bridgehead atoms. The molecule has 116 valence electrons. The number of H-pyrrole nitrogens is 1. The molecule has 1 aromatic rings. The van der Waals surface area contributed by atoms with Crippen molar-refractivity contribution in [2.24, 2.45) is 0 Å². The van der Waals surface area contributed by atoms with Crippen molar-refractivity contribution >= 4 is 27.8 Å².